The zero-order chi connectivity index (χ0) is 15.6. The summed E-state index contributed by atoms with van der Waals surface area (Å²) >= 11 is 9.20. The van der Waals surface area contributed by atoms with Crippen LogP contribution in [0.5, 0.6) is 0 Å². The molecule has 0 aromatic heterocycles. The Morgan fingerprint density at radius 2 is 1.86 bits per heavy atom. The third-order valence-electron chi connectivity index (χ3n) is 3.45. The van der Waals surface area contributed by atoms with Crippen molar-refractivity contribution in [1.82, 2.24) is 5.32 Å². The van der Waals surface area contributed by atoms with E-state index in [4.69, 9.17) is 22.3 Å². The van der Waals surface area contributed by atoms with Crippen molar-refractivity contribution < 1.29 is 13.2 Å². The van der Waals surface area contributed by atoms with Gasteiger partial charge >= 0.3 is 0 Å². The van der Waals surface area contributed by atoms with Crippen LogP contribution in [0.1, 0.15) is 42.5 Å². The fraction of sp³-hybridized carbons (Fsp3) is 0.462. The molecule has 0 saturated heterocycles. The molecule has 8 heteroatoms. The number of carbonyl (C=O) groups is 1. The number of amides is 1. The van der Waals surface area contributed by atoms with Gasteiger partial charge in [0.1, 0.15) is 4.90 Å². The largest absolute Gasteiger partial charge is 0.349 e. The number of halogens is 3. The molecule has 4 nitrogen and oxygen atoms in total. The maximum atomic E-state index is 12.3. The first-order valence-corrected chi connectivity index (χ1v) is 10.0. The quantitative estimate of drug-likeness (QED) is 0.757. The third kappa shape index (κ3) is 4.34. The second-order valence-electron chi connectivity index (χ2n) is 5.01. The third-order valence-corrected chi connectivity index (χ3v) is 5.77. The molecule has 1 aliphatic rings. The second kappa shape index (κ2) is 6.86. The van der Waals surface area contributed by atoms with Gasteiger partial charge in [-0.3, -0.25) is 4.79 Å². The molecule has 1 aromatic carbocycles. The van der Waals surface area contributed by atoms with Crippen molar-refractivity contribution in [3.05, 3.63) is 27.2 Å². The maximum absolute atomic E-state index is 12.3. The lowest BCUT2D eigenvalue weighted by Crippen LogP contribution is -2.36. The van der Waals surface area contributed by atoms with Crippen LogP contribution in [0.25, 0.3) is 0 Å². The summed E-state index contributed by atoms with van der Waals surface area (Å²) < 4.78 is 23.4. The van der Waals surface area contributed by atoms with Crippen LogP contribution in [0.4, 0.5) is 0 Å². The highest BCUT2D eigenvalue weighted by molar-refractivity contribution is 9.10. The van der Waals surface area contributed by atoms with E-state index >= 15 is 0 Å². The summed E-state index contributed by atoms with van der Waals surface area (Å²) in [5.74, 6) is -0.380. The first-order valence-electron chi connectivity index (χ1n) is 6.53. The Balaban J connectivity index is 2.30. The Morgan fingerprint density at radius 1 is 1.24 bits per heavy atom. The van der Waals surface area contributed by atoms with Gasteiger partial charge in [-0.2, -0.15) is 0 Å². The minimum atomic E-state index is -4.01. The van der Waals surface area contributed by atoms with E-state index in [-0.39, 0.29) is 27.4 Å². The number of rotatable bonds is 3. The van der Waals surface area contributed by atoms with E-state index in [1.165, 1.54) is 18.6 Å². The molecule has 1 aliphatic carbocycles. The summed E-state index contributed by atoms with van der Waals surface area (Å²) in [7, 11) is 1.32. The molecule has 0 atom stereocenters. The van der Waals surface area contributed by atoms with E-state index in [1.54, 1.807) is 0 Å². The Kier molecular flexibility index (Phi) is 5.57. The van der Waals surface area contributed by atoms with Gasteiger partial charge in [0.05, 0.1) is 10.6 Å². The van der Waals surface area contributed by atoms with Crippen LogP contribution in [-0.4, -0.2) is 20.4 Å². The Labute approximate surface area is 141 Å². The van der Waals surface area contributed by atoms with Gasteiger partial charge in [0.2, 0.25) is 0 Å². The van der Waals surface area contributed by atoms with Gasteiger partial charge in [0.15, 0.2) is 0 Å². The van der Waals surface area contributed by atoms with E-state index < -0.39 is 9.05 Å². The molecule has 0 unspecified atom stereocenters. The van der Waals surface area contributed by atoms with Crippen LogP contribution in [0.2, 0.25) is 5.02 Å². The summed E-state index contributed by atoms with van der Waals surface area (Å²) in [5.41, 5.74) is 0.107. The van der Waals surface area contributed by atoms with Crippen LogP contribution in [0, 0.1) is 0 Å². The minimum absolute atomic E-state index is 0.107. The molecule has 0 bridgehead atoms. The lowest BCUT2D eigenvalue weighted by atomic mass is 9.95. The van der Waals surface area contributed by atoms with E-state index in [0.29, 0.717) is 4.47 Å². The Hall–Kier alpha value is -0.300. The Bertz CT molecular complexity index is 658. The zero-order valence-corrected chi connectivity index (χ0v) is 14.9. The predicted molar refractivity (Wildman–Crippen MR) is 86.5 cm³/mol. The molecule has 0 heterocycles. The lowest BCUT2D eigenvalue weighted by molar-refractivity contribution is 0.0927. The van der Waals surface area contributed by atoms with E-state index in [1.807, 2.05) is 0 Å². The standard InChI is InChI=1S/C13H14BrCl2NO3S/c14-8-6-10(12(15)11(7-8)21(16,19)20)13(18)17-9-4-2-1-3-5-9/h6-7,9H,1-5H2,(H,17,18). The fourth-order valence-electron chi connectivity index (χ4n) is 2.42. The second-order valence-corrected chi connectivity index (χ2v) is 8.84. The molecule has 1 N–H and O–H groups in total. The molecule has 116 valence electrons. The molecule has 21 heavy (non-hydrogen) atoms. The van der Waals surface area contributed by atoms with E-state index in [2.05, 4.69) is 21.2 Å². The average Bonchev–Trinajstić information content (AvgIpc) is 2.40. The van der Waals surface area contributed by atoms with Crippen molar-refractivity contribution >= 4 is 53.2 Å². The van der Waals surface area contributed by atoms with Crippen LogP contribution >= 0.6 is 38.2 Å². The molecule has 0 aliphatic heterocycles. The number of benzene rings is 1. The summed E-state index contributed by atoms with van der Waals surface area (Å²) in [6, 6.07) is 2.88. The summed E-state index contributed by atoms with van der Waals surface area (Å²) in [5, 5.41) is 2.75. The highest BCUT2D eigenvalue weighted by atomic mass is 79.9. The molecule has 1 amide bonds. The van der Waals surface area contributed by atoms with Crippen LogP contribution in [-0.2, 0) is 9.05 Å². The summed E-state index contributed by atoms with van der Waals surface area (Å²) in [6.45, 7) is 0. The van der Waals surface area contributed by atoms with Crippen molar-refractivity contribution in [3.63, 3.8) is 0 Å². The molecule has 0 radical (unpaired) electrons. The van der Waals surface area contributed by atoms with Crippen molar-refractivity contribution in [3.8, 4) is 0 Å². The first kappa shape index (κ1) is 17.1. The topological polar surface area (TPSA) is 63.2 Å². The van der Waals surface area contributed by atoms with Gasteiger partial charge in [-0.15, -0.1) is 0 Å². The van der Waals surface area contributed by atoms with Gasteiger partial charge in [-0.1, -0.05) is 46.8 Å². The van der Waals surface area contributed by atoms with Crippen LogP contribution in [0.3, 0.4) is 0 Å². The normalized spacial score (nSPS) is 16.7. The van der Waals surface area contributed by atoms with Gasteiger partial charge in [0, 0.05) is 21.2 Å². The molecule has 0 spiro atoms. The van der Waals surface area contributed by atoms with Crippen molar-refractivity contribution in [1.29, 1.82) is 0 Å². The van der Waals surface area contributed by atoms with Crippen molar-refractivity contribution in [2.24, 2.45) is 0 Å². The van der Waals surface area contributed by atoms with E-state index in [9.17, 15) is 13.2 Å². The van der Waals surface area contributed by atoms with Gasteiger partial charge in [-0.05, 0) is 25.0 Å². The van der Waals surface area contributed by atoms with Crippen molar-refractivity contribution in [2.45, 2.75) is 43.0 Å². The number of hydrogen-bond acceptors (Lipinski definition) is 3. The molecule has 2 rings (SSSR count). The van der Waals surface area contributed by atoms with Gasteiger partial charge in [0.25, 0.3) is 15.0 Å². The SMILES string of the molecule is O=C(NC1CCCCC1)c1cc(Br)cc(S(=O)(=O)Cl)c1Cl. The summed E-state index contributed by atoms with van der Waals surface area (Å²) in [4.78, 5) is 12.0. The molecule has 1 fully saturated rings. The molecule has 1 aromatic rings. The van der Waals surface area contributed by atoms with Gasteiger partial charge < -0.3 is 5.32 Å². The van der Waals surface area contributed by atoms with Crippen LogP contribution in [0.15, 0.2) is 21.5 Å². The Morgan fingerprint density at radius 3 is 2.43 bits per heavy atom. The smallest absolute Gasteiger partial charge is 0.262 e. The van der Waals surface area contributed by atoms with E-state index in [0.717, 1.165) is 25.7 Å². The van der Waals surface area contributed by atoms with Crippen molar-refractivity contribution in [2.75, 3.05) is 0 Å². The number of nitrogens with one attached hydrogen (secondary N) is 1. The molecular formula is C13H14BrCl2NO3S. The van der Waals surface area contributed by atoms with Gasteiger partial charge in [-0.25, -0.2) is 8.42 Å². The number of hydrogen-bond donors (Lipinski definition) is 1. The minimum Gasteiger partial charge on any atom is -0.349 e. The molecular weight excluding hydrogens is 401 g/mol. The van der Waals surface area contributed by atoms with Crippen LogP contribution < -0.4 is 5.32 Å². The number of carbonyl (C=O) groups excluding carboxylic acids is 1. The average molecular weight is 415 g/mol. The monoisotopic (exact) mass is 413 g/mol. The first-order chi connectivity index (χ1) is 9.79. The highest BCUT2D eigenvalue weighted by Gasteiger charge is 2.24. The zero-order valence-electron chi connectivity index (χ0n) is 11.0. The predicted octanol–water partition coefficient (Wildman–Crippen LogP) is 4.09. The molecule has 1 saturated carbocycles. The summed E-state index contributed by atoms with van der Waals surface area (Å²) in [6.07, 6.45) is 5.20. The lowest BCUT2D eigenvalue weighted by Gasteiger charge is -2.23. The maximum Gasteiger partial charge on any atom is 0.262 e. The highest BCUT2D eigenvalue weighted by Crippen LogP contribution is 2.32. The fourth-order valence-corrected chi connectivity index (χ4v) is 4.60.